The molecule has 0 amide bonds. The average molecular weight is 245 g/mol. The summed E-state index contributed by atoms with van der Waals surface area (Å²) in [5, 5.41) is 3.07. The molecular weight excluding hydrogens is 226 g/mol. The molecule has 0 aliphatic rings. The van der Waals surface area contributed by atoms with Crippen LogP contribution in [0.1, 0.15) is 19.6 Å². The summed E-state index contributed by atoms with van der Waals surface area (Å²) in [7, 11) is 1.90. The molecule has 0 saturated carbocycles. The van der Waals surface area contributed by atoms with Crippen molar-refractivity contribution in [2.24, 2.45) is 0 Å². The zero-order chi connectivity index (χ0) is 13.0. The zero-order valence-electron chi connectivity index (χ0n) is 11.1. The number of rotatable bonds is 5. The fourth-order valence-electron chi connectivity index (χ4n) is 1.77. The minimum Gasteiger partial charge on any atom is -0.491 e. The van der Waals surface area contributed by atoms with Crippen LogP contribution in [0.3, 0.4) is 0 Å². The van der Waals surface area contributed by atoms with E-state index in [0.29, 0.717) is 0 Å². The van der Waals surface area contributed by atoms with E-state index in [4.69, 9.17) is 9.15 Å². The Bertz CT molecular complexity index is 485. The highest BCUT2D eigenvalue weighted by Crippen LogP contribution is 2.24. The van der Waals surface area contributed by atoms with E-state index >= 15 is 0 Å². The lowest BCUT2D eigenvalue weighted by Crippen LogP contribution is -2.05. The Morgan fingerprint density at radius 1 is 1.11 bits per heavy atom. The summed E-state index contributed by atoms with van der Waals surface area (Å²) >= 11 is 0. The highest BCUT2D eigenvalue weighted by atomic mass is 16.5. The maximum Gasteiger partial charge on any atom is 0.134 e. The van der Waals surface area contributed by atoms with Gasteiger partial charge in [0.1, 0.15) is 17.3 Å². The number of hydrogen-bond donors (Lipinski definition) is 1. The van der Waals surface area contributed by atoms with Crippen molar-refractivity contribution < 1.29 is 9.15 Å². The molecule has 0 spiro atoms. The van der Waals surface area contributed by atoms with Gasteiger partial charge in [-0.15, -0.1) is 0 Å². The average Bonchev–Trinajstić information content (AvgIpc) is 2.78. The second kappa shape index (κ2) is 5.74. The van der Waals surface area contributed by atoms with Gasteiger partial charge in [0.25, 0.3) is 0 Å². The second-order valence-electron chi connectivity index (χ2n) is 4.49. The van der Waals surface area contributed by atoms with Crippen LogP contribution in [-0.2, 0) is 6.54 Å². The smallest absolute Gasteiger partial charge is 0.134 e. The molecule has 1 aromatic carbocycles. The third-order valence-electron chi connectivity index (χ3n) is 2.52. The largest absolute Gasteiger partial charge is 0.491 e. The van der Waals surface area contributed by atoms with E-state index in [2.05, 4.69) is 5.32 Å². The van der Waals surface area contributed by atoms with Gasteiger partial charge in [0.2, 0.25) is 0 Å². The van der Waals surface area contributed by atoms with E-state index in [-0.39, 0.29) is 6.10 Å². The van der Waals surface area contributed by atoms with Gasteiger partial charge in [-0.05, 0) is 57.3 Å². The predicted molar refractivity (Wildman–Crippen MR) is 72.7 cm³/mol. The number of furan rings is 1. The number of ether oxygens (including phenoxy) is 1. The summed E-state index contributed by atoms with van der Waals surface area (Å²) in [4.78, 5) is 0. The molecule has 1 heterocycles. The molecule has 0 fully saturated rings. The van der Waals surface area contributed by atoms with Crippen LogP contribution in [-0.4, -0.2) is 13.2 Å². The van der Waals surface area contributed by atoms with Crippen molar-refractivity contribution in [1.29, 1.82) is 0 Å². The van der Waals surface area contributed by atoms with Crippen LogP contribution in [0.5, 0.6) is 5.75 Å². The van der Waals surface area contributed by atoms with Crippen LogP contribution in [0.2, 0.25) is 0 Å². The SMILES string of the molecule is CNCc1ccc(-c2ccc(OC(C)C)cc2)o1. The minimum atomic E-state index is 0.196. The summed E-state index contributed by atoms with van der Waals surface area (Å²) in [5.41, 5.74) is 1.06. The summed E-state index contributed by atoms with van der Waals surface area (Å²) < 4.78 is 11.3. The van der Waals surface area contributed by atoms with Crippen LogP contribution in [0.25, 0.3) is 11.3 Å². The Morgan fingerprint density at radius 3 is 2.44 bits per heavy atom. The summed E-state index contributed by atoms with van der Waals surface area (Å²) in [6, 6.07) is 11.9. The van der Waals surface area contributed by atoms with E-state index in [0.717, 1.165) is 29.4 Å². The van der Waals surface area contributed by atoms with Gasteiger partial charge in [-0.25, -0.2) is 0 Å². The first-order valence-corrected chi connectivity index (χ1v) is 6.19. The number of hydrogen-bond acceptors (Lipinski definition) is 3. The normalized spacial score (nSPS) is 10.9. The molecule has 1 N–H and O–H groups in total. The minimum absolute atomic E-state index is 0.196. The van der Waals surface area contributed by atoms with E-state index in [1.807, 2.05) is 57.3 Å². The molecule has 2 rings (SSSR count). The van der Waals surface area contributed by atoms with Crippen LogP contribution in [0.15, 0.2) is 40.8 Å². The van der Waals surface area contributed by atoms with Gasteiger partial charge in [-0.2, -0.15) is 0 Å². The molecule has 0 aliphatic carbocycles. The summed E-state index contributed by atoms with van der Waals surface area (Å²) in [6.07, 6.45) is 0.196. The quantitative estimate of drug-likeness (QED) is 0.876. The Labute approximate surface area is 108 Å². The van der Waals surface area contributed by atoms with Gasteiger partial charge in [-0.3, -0.25) is 0 Å². The molecule has 18 heavy (non-hydrogen) atoms. The van der Waals surface area contributed by atoms with Crippen LogP contribution < -0.4 is 10.1 Å². The lowest BCUT2D eigenvalue weighted by molar-refractivity contribution is 0.242. The monoisotopic (exact) mass is 245 g/mol. The van der Waals surface area contributed by atoms with E-state index < -0.39 is 0 Å². The van der Waals surface area contributed by atoms with E-state index in [1.54, 1.807) is 0 Å². The third-order valence-corrected chi connectivity index (χ3v) is 2.52. The first-order chi connectivity index (χ1) is 8.69. The van der Waals surface area contributed by atoms with Gasteiger partial charge >= 0.3 is 0 Å². The lowest BCUT2D eigenvalue weighted by atomic mass is 10.2. The maximum absolute atomic E-state index is 5.73. The molecule has 0 unspecified atom stereocenters. The Morgan fingerprint density at radius 2 is 1.83 bits per heavy atom. The van der Waals surface area contributed by atoms with Gasteiger partial charge in [0, 0.05) is 5.56 Å². The maximum atomic E-state index is 5.73. The Hall–Kier alpha value is -1.74. The number of nitrogens with one attached hydrogen (secondary N) is 1. The van der Waals surface area contributed by atoms with Crippen molar-refractivity contribution in [3.63, 3.8) is 0 Å². The fourth-order valence-corrected chi connectivity index (χ4v) is 1.77. The fraction of sp³-hybridized carbons (Fsp3) is 0.333. The second-order valence-corrected chi connectivity index (χ2v) is 4.49. The molecule has 1 aromatic heterocycles. The van der Waals surface area contributed by atoms with Crippen molar-refractivity contribution in [1.82, 2.24) is 5.32 Å². The van der Waals surface area contributed by atoms with E-state index in [9.17, 15) is 0 Å². The first-order valence-electron chi connectivity index (χ1n) is 6.19. The summed E-state index contributed by atoms with van der Waals surface area (Å²) in [6.45, 7) is 4.78. The van der Waals surface area contributed by atoms with Crippen molar-refractivity contribution >= 4 is 0 Å². The van der Waals surface area contributed by atoms with Crippen LogP contribution in [0.4, 0.5) is 0 Å². The molecule has 0 bridgehead atoms. The molecule has 2 aromatic rings. The molecule has 0 radical (unpaired) electrons. The molecule has 0 saturated heterocycles. The summed E-state index contributed by atoms with van der Waals surface area (Å²) in [5.74, 6) is 2.71. The van der Waals surface area contributed by atoms with Crippen molar-refractivity contribution in [3.8, 4) is 17.1 Å². The topological polar surface area (TPSA) is 34.4 Å². The van der Waals surface area contributed by atoms with Crippen LogP contribution >= 0.6 is 0 Å². The first kappa shape index (κ1) is 12.7. The molecule has 0 aliphatic heterocycles. The molecule has 96 valence electrons. The van der Waals surface area contributed by atoms with Gasteiger partial charge in [-0.1, -0.05) is 0 Å². The molecule has 3 heteroatoms. The molecular formula is C15H19NO2. The standard InChI is InChI=1S/C15H19NO2/c1-11(2)17-13-6-4-12(5-7-13)15-9-8-14(18-15)10-16-3/h4-9,11,16H,10H2,1-3H3. The predicted octanol–water partition coefficient (Wildman–Crippen LogP) is 3.45. The lowest BCUT2D eigenvalue weighted by Gasteiger charge is -2.09. The van der Waals surface area contributed by atoms with Gasteiger partial charge in [0.05, 0.1) is 12.6 Å². The Kier molecular flexibility index (Phi) is 4.05. The van der Waals surface area contributed by atoms with Gasteiger partial charge < -0.3 is 14.5 Å². The van der Waals surface area contributed by atoms with E-state index in [1.165, 1.54) is 0 Å². The highest BCUT2D eigenvalue weighted by molar-refractivity contribution is 5.58. The number of benzene rings is 1. The van der Waals surface area contributed by atoms with Crippen molar-refractivity contribution in [2.75, 3.05) is 7.05 Å². The van der Waals surface area contributed by atoms with Gasteiger partial charge in [0.15, 0.2) is 0 Å². The third kappa shape index (κ3) is 3.14. The molecule has 3 nitrogen and oxygen atoms in total. The zero-order valence-corrected chi connectivity index (χ0v) is 11.1. The molecule has 0 atom stereocenters. The van der Waals surface area contributed by atoms with Crippen molar-refractivity contribution in [3.05, 3.63) is 42.2 Å². The highest BCUT2D eigenvalue weighted by Gasteiger charge is 2.05. The van der Waals surface area contributed by atoms with Crippen LogP contribution in [0, 0.1) is 0 Å². The Balaban J connectivity index is 2.12. The van der Waals surface area contributed by atoms with Crippen molar-refractivity contribution in [2.45, 2.75) is 26.5 Å².